The van der Waals surface area contributed by atoms with Crippen LogP contribution in [-0.2, 0) is 19.2 Å². The summed E-state index contributed by atoms with van der Waals surface area (Å²) in [6, 6.07) is -2.59. The molecule has 0 aliphatic carbocycles. The second kappa shape index (κ2) is 8.03. The molecule has 19 heavy (non-hydrogen) atoms. The van der Waals surface area contributed by atoms with E-state index in [1.54, 1.807) is 0 Å². The molecule has 0 aliphatic heterocycles. The molecule has 1 amide bonds. The zero-order chi connectivity index (χ0) is 15.0. The van der Waals surface area contributed by atoms with Gasteiger partial charge in [-0.25, -0.2) is 0 Å². The molecule has 0 heterocycles. The van der Waals surface area contributed by atoms with Gasteiger partial charge < -0.3 is 21.1 Å². The normalized spacial score (nSPS) is 13.5. The van der Waals surface area contributed by atoms with Crippen LogP contribution < -0.4 is 11.1 Å². The summed E-state index contributed by atoms with van der Waals surface area (Å²) >= 11 is 0. The third kappa shape index (κ3) is 7.71. The van der Waals surface area contributed by atoms with Crippen molar-refractivity contribution in [2.24, 2.45) is 5.73 Å². The Morgan fingerprint density at radius 2 is 1.32 bits per heavy atom. The first-order chi connectivity index (χ1) is 8.73. The molecule has 9 nitrogen and oxygen atoms in total. The van der Waals surface area contributed by atoms with Crippen LogP contribution in [0.15, 0.2) is 0 Å². The number of primary amides is 1. The minimum Gasteiger partial charge on any atom is -0.481 e. The van der Waals surface area contributed by atoms with Crippen molar-refractivity contribution in [3.63, 3.8) is 0 Å². The van der Waals surface area contributed by atoms with Gasteiger partial charge in [0.2, 0.25) is 5.91 Å². The molecule has 108 valence electrons. The number of amides is 1. The van der Waals surface area contributed by atoms with Crippen LogP contribution in [0, 0.1) is 0 Å². The topological polar surface area (TPSA) is 167 Å². The maximum Gasteiger partial charge on any atom is 0.320 e. The average molecular weight is 276 g/mol. The summed E-state index contributed by atoms with van der Waals surface area (Å²) < 4.78 is 0. The Morgan fingerprint density at radius 3 is 1.63 bits per heavy atom. The molecule has 6 N–H and O–H groups in total. The lowest BCUT2D eigenvalue weighted by atomic mass is 10.1. The molecule has 0 aliphatic rings. The molecule has 0 saturated carbocycles. The van der Waals surface area contributed by atoms with E-state index in [0.717, 1.165) is 0 Å². The van der Waals surface area contributed by atoms with Crippen molar-refractivity contribution in [3.8, 4) is 0 Å². The first-order valence-corrected chi connectivity index (χ1v) is 5.45. The lowest BCUT2D eigenvalue weighted by molar-refractivity contribution is -0.143. The van der Waals surface area contributed by atoms with Crippen LogP contribution in [0.25, 0.3) is 0 Å². The van der Waals surface area contributed by atoms with E-state index in [1.807, 2.05) is 0 Å². The molecule has 9 heteroatoms. The van der Waals surface area contributed by atoms with Crippen molar-refractivity contribution in [2.75, 3.05) is 0 Å². The molecular formula is C10H16N2O7. The summed E-state index contributed by atoms with van der Waals surface area (Å²) in [5.41, 5.74) is 4.88. The summed E-state index contributed by atoms with van der Waals surface area (Å²) in [5.74, 6) is -4.57. The van der Waals surface area contributed by atoms with Crippen LogP contribution in [-0.4, -0.2) is 51.2 Å². The third-order valence-corrected chi connectivity index (χ3v) is 2.32. The highest BCUT2D eigenvalue weighted by molar-refractivity contribution is 5.79. The maximum atomic E-state index is 10.9. The molecule has 0 bridgehead atoms. The molecular weight excluding hydrogens is 260 g/mol. The summed E-state index contributed by atoms with van der Waals surface area (Å²) in [5, 5.41) is 28.5. The predicted octanol–water partition coefficient (Wildman–Crippen LogP) is -1.39. The lowest BCUT2D eigenvalue weighted by Crippen LogP contribution is -2.47. The van der Waals surface area contributed by atoms with E-state index in [4.69, 9.17) is 21.1 Å². The molecule has 0 fully saturated rings. The molecule has 0 radical (unpaired) electrons. The van der Waals surface area contributed by atoms with Crippen LogP contribution in [0.2, 0.25) is 0 Å². The SMILES string of the molecule is NC(=O)CCC(NC(CCC(=O)O)C(=O)O)C(=O)O. The molecule has 0 aromatic carbocycles. The fraction of sp³-hybridized carbons (Fsp3) is 0.600. The number of carbonyl (C=O) groups excluding carboxylic acids is 1. The number of rotatable bonds is 10. The van der Waals surface area contributed by atoms with Crippen molar-refractivity contribution in [3.05, 3.63) is 0 Å². The first-order valence-electron chi connectivity index (χ1n) is 5.45. The van der Waals surface area contributed by atoms with E-state index < -0.39 is 42.3 Å². The van der Waals surface area contributed by atoms with E-state index in [9.17, 15) is 19.2 Å². The number of carboxylic acids is 3. The molecule has 0 spiro atoms. The number of carboxylic acid groups (broad SMARTS) is 3. The van der Waals surface area contributed by atoms with E-state index >= 15 is 0 Å². The predicted molar refractivity (Wildman–Crippen MR) is 61.3 cm³/mol. The zero-order valence-electron chi connectivity index (χ0n) is 10.0. The number of aliphatic carboxylic acids is 3. The largest absolute Gasteiger partial charge is 0.481 e. The van der Waals surface area contributed by atoms with Crippen LogP contribution in [0.3, 0.4) is 0 Å². The molecule has 2 atom stereocenters. The monoisotopic (exact) mass is 276 g/mol. The Kier molecular flexibility index (Phi) is 7.12. The Bertz CT molecular complexity index is 335. The third-order valence-electron chi connectivity index (χ3n) is 2.32. The van der Waals surface area contributed by atoms with Crippen molar-refractivity contribution >= 4 is 23.8 Å². The molecule has 0 aromatic heterocycles. The van der Waals surface area contributed by atoms with Crippen LogP contribution in [0.4, 0.5) is 0 Å². The second-order valence-electron chi connectivity index (χ2n) is 3.89. The fourth-order valence-electron chi connectivity index (χ4n) is 1.35. The maximum absolute atomic E-state index is 10.9. The van der Waals surface area contributed by atoms with Gasteiger partial charge in [-0.15, -0.1) is 0 Å². The van der Waals surface area contributed by atoms with E-state index in [1.165, 1.54) is 0 Å². The highest BCUT2D eigenvalue weighted by Gasteiger charge is 2.26. The van der Waals surface area contributed by atoms with Gasteiger partial charge in [-0.1, -0.05) is 0 Å². The Balaban J connectivity index is 4.56. The Labute approximate surface area is 108 Å². The van der Waals surface area contributed by atoms with Gasteiger partial charge in [0.1, 0.15) is 12.1 Å². The van der Waals surface area contributed by atoms with Crippen LogP contribution >= 0.6 is 0 Å². The highest BCUT2D eigenvalue weighted by atomic mass is 16.4. The minimum absolute atomic E-state index is 0.165. The molecule has 2 unspecified atom stereocenters. The number of carbonyl (C=O) groups is 4. The summed E-state index contributed by atoms with van der Waals surface area (Å²) in [4.78, 5) is 42.7. The highest BCUT2D eigenvalue weighted by Crippen LogP contribution is 2.04. The van der Waals surface area contributed by atoms with Gasteiger partial charge in [0, 0.05) is 12.8 Å². The van der Waals surface area contributed by atoms with Crippen LogP contribution in [0.5, 0.6) is 0 Å². The van der Waals surface area contributed by atoms with Gasteiger partial charge in [0.15, 0.2) is 0 Å². The van der Waals surface area contributed by atoms with Crippen molar-refractivity contribution in [1.82, 2.24) is 5.32 Å². The van der Waals surface area contributed by atoms with Crippen LogP contribution in [0.1, 0.15) is 25.7 Å². The minimum atomic E-state index is -1.36. The average Bonchev–Trinajstić information content (AvgIpc) is 2.26. The molecule has 0 saturated heterocycles. The van der Waals surface area contributed by atoms with Gasteiger partial charge >= 0.3 is 17.9 Å². The number of nitrogens with one attached hydrogen (secondary N) is 1. The van der Waals surface area contributed by atoms with Gasteiger partial charge in [-0.2, -0.15) is 0 Å². The standard InChI is InChI=1S/C10H16N2O7/c11-7(13)3-1-5(9(16)17)12-6(10(18)19)2-4-8(14)15/h5-6,12H,1-4H2,(H2,11,13)(H,14,15)(H,16,17)(H,18,19). The number of hydrogen-bond acceptors (Lipinski definition) is 5. The van der Waals surface area contributed by atoms with Gasteiger partial charge in [0.05, 0.1) is 0 Å². The Morgan fingerprint density at radius 1 is 0.895 bits per heavy atom. The van der Waals surface area contributed by atoms with Gasteiger partial charge in [0.25, 0.3) is 0 Å². The molecule has 0 aromatic rings. The van der Waals surface area contributed by atoms with Crippen molar-refractivity contribution < 1.29 is 34.5 Å². The van der Waals surface area contributed by atoms with E-state index in [2.05, 4.69) is 5.32 Å². The summed E-state index contributed by atoms with van der Waals surface area (Å²) in [6.45, 7) is 0. The zero-order valence-corrected chi connectivity index (χ0v) is 10.0. The summed E-state index contributed by atoms with van der Waals surface area (Å²) in [6.07, 6.45) is -1.05. The van der Waals surface area contributed by atoms with E-state index in [0.29, 0.717) is 0 Å². The van der Waals surface area contributed by atoms with Gasteiger partial charge in [-0.05, 0) is 12.8 Å². The fourth-order valence-corrected chi connectivity index (χ4v) is 1.35. The number of hydrogen-bond donors (Lipinski definition) is 5. The lowest BCUT2D eigenvalue weighted by Gasteiger charge is -2.19. The quantitative estimate of drug-likeness (QED) is 0.325. The van der Waals surface area contributed by atoms with E-state index in [-0.39, 0.29) is 19.3 Å². The molecule has 0 rings (SSSR count). The first kappa shape index (κ1) is 16.8. The summed E-state index contributed by atoms with van der Waals surface area (Å²) in [7, 11) is 0. The van der Waals surface area contributed by atoms with Gasteiger partial charge in [-0.3, -0.25) is 24.5 Å². The number of nitrogens with two attached hydrogens (primary N) is 1. The smallest absolute Gasteiger partial charge is 0.320 e. The van der Waals surface area contributed by atoms with Crippen molar-refractivity contribution in [1.29, 1.82) is 0 Å². The second-order valence-corrected chi connectivity index (χ2v) is 3.89. The van der Waals surface area contributed by atoms with Crippen molar-refractivity contribution in [2.45, 2.75) is 37.8 Å². The Hall–Kier alpha value is -2.16.